The van der Waals surface area contributed by atoms with Crippen LogP contribution in [0.15, 0.2) is 29.2 Å². The molecule has 2 N–H and O–H groups in total. The van der Waals surface area contributed by atoms with Gasteiger partial charge in [-0.25, -0.2) is 9.48 Å². The van der Waals surface area contributed by atoms with Gasteiger partial charge in [0.15, 0.2) is 11.5 Å². The number of anilines is 1. The molecule has 3 aromatic heterocycles. The van der Waals surface area contributed by atoms with Gasteiger partial charge in [-0.05, 0) is 19.1 Å². The van der Waals surface area contributed by atoms with Crippen LogP contribution >= 0.6 is 0 Å². The molecule has 128 valence electrons. The largest absolute Gasteiger partial charge is 0.350 e. The fraction of sp³-hybridized carbons (Fsp3) is 0.267. The van der Waals surface area contributed by atoms with Crippen LogP contribution in [0.4, 0.5) is 5.82 Å². The summed E-state index contributed by atoms with van der Waals surface area (Å²) in [5.41, 5.74) is 6.35. The number of aryl methyl sites for hydroxylation is 3. The zero-order chi connectivity index (χ0) is 18.0. The Morgan fingerprint density at radius 2 is 2.16 bits per heavy atom. The van der Waals surface area contributed by atoms with E-state index in [0.717, 1.165) is 0 Å². The first-order chi connectivity index (χ1) is 12.0. The van der Waals surface area contributed by atoms with E-state index in [1.165, 1.54) is 13.8 Å². The normalized spacial score (nSPS) is 10.6. The van der Waals surface area contributed by atoms with Crippen molar-refractivity contribution in [3.63, 3.8) is 0 Å². The van der Waals surface area contributed by atoms with Gasteiger partial charge in [-0.1, -0.05) is 6.07 Å². The maximum Gasteiger partial charge on any atom is 0.350 e. The summed E-state index contributed by atoms with van der Waals surface area (Å²) in [6.45, 7) is 1.85. The van der Waals surface area contributed by atoms with Crippen molar-refractivity contribution in [2.75, 3.05) is 5.43 Å². The first-order valence-electron chi connectivity index (χ1n) is 7.54. The number of carbonyl (C=O) groups excluding carboxylic acids is 1. The van der Waals surface area contributed by atoms with Gasteiger partial charge in [0.25, 0.3) is 0 Å². The molecule has 3 rings (SSSR count). The molecule has 0 bridgehead atoms. The zero-order valence-electron chi connectivity index (χ0n) is 13.7. The summed E-state index contributed by atoms with van der Waals surface area (Å²) < 4.78 is 4.12. The average molecular weight is 340 g/mol. The molecular weight excluding hydrogens is 324 g/mol. The predicted octanol–water partition coefficient (Wildman–Crippen LogP) is -0.0570. The molecule has 0 radical (unpaired) electrons. The van der Waals surface area contributed by atoms with Crippen molar-refractivity contribution in [2.24, 2.45) is 7.05 Å². The quantitative estimate of drug-likeness (QED) is 0.628. The maximum atomic E-state index is 12.1. The lowest BCUT2D eigenvalue weighted by Gasteiger charge is -2.08. The van der Waals surface area contributed by atoms with Crippen molar-refractivity contribution in [1.29, 1.82) is 5.26 Å². The molecule has 10 heteroatoms. The van der Waals surface area contributed by atoms with E-state index >= 15 is 0 Å². The SMILES string of the molecule is Cc1nn(C)c(NNC(=O)CCn2nc3ccccn3c2=O)c1C#N. The number of hydrazine groups is 1. The second kappa shape index (κ2) is 6.48. The van der Waals surface area contributed by atoms with Crippen molar-refractivity contribution in [2.45, 2.75) is 19.9 Å². The maximum absolute atomic E-state index is 12.1. The third-order valence-electron chi connectivity index (χ3n) is 3.69. The summed E-state index contributed by atoms with van der Waals surface area (Å²) in [4.78, 5) is 24.1. The highest BCUT2D eigenvalue weighted by atomic mass is 16.2. The van der Waals surface area contributed by atoms with Gasteiger partial charge in [-0.15, -0.1) is 5.10 Å². The molecule has 25 heavy (non-hydrogen) atoms. The number of nitrogens with zero attached hydrogens (tertiary/aromatic N) is 6. The van der Waals surface area contributed by atoms with Crippen LogP contribution in [0.3, 0.4) is 0 Å². The Balaban J connectivity index is 1.63. The Kier molecular flexibility index (Phi) is 4.21. The van der Waals surface area contributed by atoms with E-state index in [0.29, 0.717) is 22.7 Å². The van der Waals surface area contributed by atoms with Gasteiger partial charge in [0.05, 0.1) is 12.2 Å². The third-order valence-corrected chi connectivity index (χ3v) is 3.69. The molecular formula is C15H16N8O2. The number of pyridine rings is 1. The van der Waals surface area contributed by atoms with Gasteiger partial charge in [0.2, 0.25) is 5.91 Å². The smallest absolute Gasteiger partial charge is 0.281 e. The Labute approximate surface area is 142 Å². The van der Waals surface area contributed by atoms with Crippen LogP contribution in [-0.2, 0) is 18.4 Å². The van der Waals surface area contributed by atoms with Gasteiger partial charge in [0.1, 0.15) is 11.6 Å². The monoisotopic (exact) mass is 340 g/mol. The second-order valence-corrected chi connectivity index (χ2v) is 5.40. The van der Waals surface area contributed by atoms with Crippen molar-refractivity contribution in [3.05, 3.63) is 46.1 Å². The summed E-state index contributed by atoms with van der Waals surface area (Å²) in [6, 6.07) is 7.27. The molecule has 0 aliphatic rings. The Hall–Kier alpha value is -3.61. The number of fused-ring (bicyclic) bond motifs is 1. The lowest BCUT2D eigenvalue weighted by molar-refractivity contribution is -0.120. The number of hydrogen-bond donors (Lipinski definition) is 2. The minimum absolute atomic E-state index is 0.0511. The van der Waals surface area contributed by atoms with Crippen LogP contribution in [0.25, 0.3) is 5.65 Å². The Morgan fingerprint density at radius 3 is 2.88 bits per heavy atom. The minimum Gasteiger partial charge on any atom is -0.281 e. The third kappa shape index (κ3) is 3.07. The van der Waals surface area contributed by atoms with Crippen LogP contribution in [0.2, 0.25) is 0 Å². The number of carbonyl (C=O) groups is 1. The van der Waals surface area contributed by atoms with Crippen molar-refractivity contribution in [1.82, 2.24) is 29.4 Å². The van der Waals surface area contributed by atoms with Crippen LogP contribution in [-0.4, -0.2) is 29.9 Å². The van der Waals surface area contributed by atoms with Crippen LogP contribution in [0, 0.1) is 18.3 Å². The summed E-state index contributed by atoms with van der Waals surface area (Å²) in [5, 5.41) is 17.4. The number of nitrogens with one attached hydrogen (secondary N) is 2. The van der Waals surface area contributed by atoms with Crippen molar-refractivity contribution in [3.8, 4) is 6.07 Å². The highest BCUT2D eigenvalue weighted by molar-refractivity contribution is 5.77. The number of amides is 1. The highest BCUT2D eigenvalue weighted by Gasteiger charge is 2.14. The van der Waals surface area contributed by atoms with E-state index in [-0.39, 0.29) is 24.6 Å². The average Bonchev–Trinajstić information content (AvgIpc) is 3.07. The van der Waals surface area contributed by atoms with E-state index in [9.17, 15) is 9.59 Å². The number of aromatic nitrogens is 5. The minimum atomic E-state index is -0.341. The first-order valence-corrected chi connectivity index (χ1v) is 7.54. The molecule has 0 aromatic carbocycles. The lowest BCUT2D eigenvalue weighted by atomic mass is 10.3. The molecule has 0 unspecified atom stereocenters. The van der Waals surface area contributed by atoms with Gasteiger partial charge < -0.3 is 0 Å². The van der Waals surface area contributed by atoms with Crippen molar-refractivity contribution < 1.29 is 4.79 Å². The molecule has 3 heterocycles. The zero-order valence-corrected chi connectivity index (χ0v) is 13.7. The first kappa shape index (κ1) is 16.3. The fourth-order valence-electron chi connectivity index (χ4n) is 2.45. The van der Waals surface area contributed by atoms with E-state index in [2.05, 4.69) is 21.0 Å². The molecule has 0 aliphatic heterocycles. The second-order valence-electron chi connectivity index (χ2n) is 5.40. The predicted molar refractivity (Wildman–Crippen MR) is 88.5 cm³/mol. The Bertz CT molecular complexity index is 1040. The number of nitriles is 1. The molecule has 0 spiro atoms. The summed E-state index contributed by atoms with van der Waals surface area (Å²) in [7, 11) is 1.67. The number of hydrogen-bond acceptors (Lipinski definition) is 6. The summed E-state index contributed by atoms with van der Waals surface area (Å²) >= 11 is 0. The van der Waals surface area contributed by atoms with E-state index in [1.54, 1.807) is 38.4 Å². The molecule has 0 saturated carbocycles. The van der Waals surface area contributed by atoms with Crippen LogP contribution < -0.4 is 16.5 Å². The van der Waals surface area contributed by atoms with Gasteiger partial charge in [-0.2, -0.15) is 10.4 Å². The van der Waals surface area contributed by atoms with E-state index in [4.69, 9.17) is 5.26 Å². The highest BCUT2D eigenvalue weighted by Crippen LogP contribution is 2.16. The molecule has 0 fully saturated rings. The van der Waals surface area contributed by atoms with Gasteiger partial charge in [-0.3, -0.25) is 24.7 Å². The molecule has 1 amide bonds. The van der Waals surface area contributed by atoms with E-state index in [1.807, 2.05) is 6.07 Å². The molecule has 0 saturated heterocycles. The Morgan fingerprint density at radius 1 is 1.36 bits per heavy atom. The van der Waals surface area contributed by atoms with Crippen molar-refractivity contribution >= 4 is 17.4 Å². The standard InChI is InChI=1S/C15H16N8O2/c1-10-11(9-16)14(21(2)19-10)18-17-13(24)6-8-23-15(25)22-7-4-3-5-12(22)20-23/h3-5,7,18H,6,8H2,1-2H3,(H,17,24). The van der Waals surface area contributed by atoms with Crippen LogP contribution in [0.1, 0.15) is 17.7 Å². The lowest BCUT2D eigenvalue weighted by Crippen LogP contribution is -2.32. The van der Waals surface area contributed by atoms with Crippen LogP contribution in [0.5, 0.6) is 0 Å². The summed E-state index contributed by atoms with van der Waals surface area (Å²) in [6.07, 6.45) is 1.67. The topological polar surface area (TPSA) is 122 Å². The molecule has 3 aromatic rings. The number of rotatable bonds is 5. The molecule has 10 nitrogen and oxygen atoms in total. The van der Waals surface area contributed by atoms with E-state index < -0.39 is 0 Å². The van der Waals surface area contributed by atoms with Gasteiger partial charge in [0, 0.05) is 19.7 Å². The summed E-state index contributed by atoms with van der Waals surface area (Å²) in [5.74, 6) is 0.0601. The molecule has 0 aliphatic carbocycles. The van der Waals surface area contributed by atoms with Gasteiger partial charge >= 0.3 is 5.69 Å². The fourth-order valence-corrected chi connectivity index (χ4v) is 2.45. The molecule has 0 atom stereocenters.